The highest BCUT2D eigenvalue weighted by Crippen LogP contribution is 2.26. The van der Waals surface area contributed by atoms with E-state index in [1.54, 1.807) is 12.1 Å². The Labute approximate surface area is 213 Å². The average molecular weight is 501 g/mol. The fraction of sp³-hybridized carbons (Fsp3) is 0.500. The molecule has 1 aliphatic rings. The summed E-state index contributed by atoms with van der Waals surface area (Å²) in [4.78, 5) is 28.5. The fourth-order valence-corrected chi connectivity index (χ4v) is 5.10. The molecular weight excluding hydrogens is 461 g/mol. The molecule has 0 unspecified atom stereocenters. The molecule has 1 aliphatic heterocycles. The van der Waals surface area contributed by atoms with Crippen molar-refractivity contribution in [2.45, 2.75) is 51.7 Å². The number of hydrogen-bond donors (Lipinski definition) is 3. The van der Waals surface area contributed by atoms with Crippen molar-refractivity contribution in [1.82, 2.24) is 10.4 Å². The van der Waals surface area contributed by atoms with E-state index >= 15 is 0 Å². The molecule has 0 aliphatic carbocycles. The molecule has 1 heterocycles. The first-order valence-electron chi connectivity index (χ1n) is 12.9. The quantitative estimate of drug-likeness (QED) is 0.236. The summed E-state index contributed by atoms with van der Waals surface area (Å²) in [6, 6.07) is 16.4. The number of hydrogen-bond acceptors (Lipinski definition) is 5. The fourth-order valence-electron chi connectivity index (χ4n) is 5.10. The van der Waals surface area contributed by atoms with E-state index in [4.69, 9.17) is 5.21 Å². The molecule has 2 aromatic carbocycles. The lowest BCUT2D eigenvalue weighted by Crippen LogP contribution is -2.65. The highest BCUT2D eigenvalue weighted by molar-refractivity contribution is 5.86. The Morgan fingerprint density at radius 3 is 2.31 bits per heavy atom. The van der Waals surface area contributed by atoms with Crippen LogP contribution in [0.2, 0.25) is 0 Å². The van der Waals surface area contributed by atoms with Gasteiger partial charge in [-0.05, 0) is 48.9 Å². The predicted octanol–water partition coefficient (Wildman–Crippen LogP) is 3.29. The van der Waals surface area contributed by atoms with Crippen LogP contribution in [-0.2, 0) is 22.6 Å². The van der Waals surface area contributed by atoms with Crippen LogP contribution in [0.3, 0.4) is 0 Å². The standard InChI is InChI=1S/C28H38FN3O4/c1-2-3-18-32(19-16-31(17-20-32)21-23-8-5-4-6-9-23)28(35)25(26(33)27(34)30-36)11-7-10-22-12-14-24(29)15-13-22/h4-6,8-9,12-15,25-26,33H,2-3,7,10-11,16-21H2,1H3,(H-,30,34,36)/p+1/t25-,26+/m1/s1. The summed E-state index contributed by atoms with van der Waals surface area (Å²) >= 11 is 0. The van der Waals surface area contributed by atoms with Crippen LogP contribution in [-0.4, -0.2) is 70.3 Å². The number of nitrogens with one attached hydrogen (secondary N) is 1. The summed E-state index contributed by atoms with van der Waals surface area (Å²) in [5.74, 6) is -2.35. The zero-order valence-corrected chi connectivity index (χ0v) is 21.1. The van der Waals surface area contributed by atoms with Gasteiger partial charge in [-0.2, -0.15) is 0 Å². The number of nitrogens with zero attached hydrogens (tertiary/aromatic N) is 2. The van der Waals surface area contributed by atoms with Gasteiger partial charge in [0.15, 0.2) is 6.10 Å². The maximum Gasteiger partial charge on any atom is 0.320 e. The van der Waals surface area contributed by atoms with Crippen molar-refractivity contribution in [1.29, 1.82) is 0 Å². The topological polar surface area (TPSA) is 89.9 Å². The Kier molecular flexibility index (Phi) is 10.6. The van der Waals surface area contributed by atoms with Gasteiger partial charge < -0.3 is 5.11 Å². The third-order valence-electron chi connectivity index (χ3n) is 7.32. The van der Waals surface area contributed by atoms with E-state index < -0.39 is 17.9 Å². The van der Waals surface area contributed by atoms with Crippen LogP contribution >= 0.6 is 0 Å². The second-order valence-corrected chi connectivity index (χ2v) is 9.82. The number of rotatable bonds is 12. The second-order valence-electron chi connectivity index (χ2n) is 9.82. The van der Waals surface area contributed by atoms with E-state index in [0.29, 0.717) is 38.9 Å². The summed E-state index contributed by atoms with van der Waals surface area (Å²) < 4.78 is 13.5. The molecule has 1 fully saturated rings. The number of aryl methyl sites for hydroxylation is 1. The lowest BCUT2D eigenvalue weighted by Gasteiger charge is -2.44. The SMILES string of the molecule is CCCC[N+]1(C(=O)[C@H](CCCc2ccc(F)cc2)[C@H](O)C(=O)NO)CCN(Cc2ccccc2)CC1. The molecule has 0 radical (unpaired) electrons. The Balaban J connectivity index is 1.73. The van der Waals surface area contributed by atoms with Gasteiger partial charge in [-0.1, -0.05) is 55.8 Å². The third-order valence-corrected chi connectivity index (χ3v) is 7.32. The van der Waals surface area contributed by atoms with Crippen LogP contribution in [0, 0.1) is 11.7 Å². The molecule has 0 saturated carbocycles. The Bertz CT molecular complexity index is 963. The zero-order valence-electron chi connectivity index (χ0n) is 21.1. The molecule has 7 nitrogen and oxygen atoms in total. The van der Waals surface area contributed by atoms with Crippen LogP contribution < -0.4 is 5.48 Å². The maximum atomic E-state index is 14.0. The van der Waals surface area contributed by atoms with Crippen molar-refractivity contribution in [3.05, 3.63) is 71.5 Å². The van der Waals surface area contributed by atoms with E-state index in [0.717, 1.165) is 38.0 Å². The Morgan fingerprint density at radius 2 is 1.69 bits per heavy atom. The number of amides is 2. The lowest BCUT2D eigenvalue weighted by molar-refractivity contribution is -0.861. The second kappa shape index (κ2) is 13.6. The van der Waals surface area contributed by atoms with Crippen molar-refractivity contribution < 1.29 is 28.8 Å². The third kappa shape index (κ3) is 7.43. The van der Waals surface area contributed by atoms with Crippen molar-refractivity contribution in [3.63, 3.8) is 0 Å². The van der Waals surface area contributed by atoms with Crippen molar-refractivity contribution in [2.24, 2.45) is 5.92 Å². The molecule has 2 atom stereocenters. The van der Waals surface area contributed by atoms with E-state index in [1.165, 1.54) is 23.2 Å². The summed E-state index contributed by atoms with van der Waals surface area (Å²) in [6.45, 7) is 6.29. The van der Waals surface area contributed by atoms with Crippen LogP contribution in [0.4, 0.5) is 4.39 Å². The predicted molar refractivity (Wildman–Crippen MR) is 135 cm³/mol. The van der Waals surface area contributed by atoms with Gasteiger partial charge in [0.2, 0.25) is 0 Å². The zero-order chi connectivity index (χ0) is 26.0. The van der Waals surface area contributed by atoms with Crippen LogP contribution in [0.25, 0.3) is 0 Å². The number of hydroxylamine groups is 1. The Hall–Kier alpha value is -2.65. The van der Waals surface area contributed by atoms with Crippen LogP contribution in [0.5, 0.6) is 0 Å². The summed E-state index contributed by atoms with van der Waals surface area (Å²) in [7, 11) is 0. The first-order valence-corrected chi connectivity index (χ1v) is 12.9. The molecule has 2 aromatic rings. The van der Waals surface area contributed by atoms with E-state index in [9.17, 15) is 19.1 Å². The Morgan fingerprint density at radius 1 is 1.03 bits per heavy atom. The first kappa shape index (κ1) is 27.9. The van der Waals surface area contributed by atoms with Gasteiger partial charge in [0, 0.05) is 19.6 Å². The maximum absolute atomic E-state index is 14.0. The van der Waals surface area contributed by atoms with E-state index in [1.807, 2.05) is 18.2 Å². The van der Waals surface area contributed by atoms with Crippen molar-refractivity contribution >= 4 is 11.8 Å². The normalized spacial score (nSPS) is 17.3. The number of quaternary nitrogens is 1. The lowest BCUT2D eigenvalue weighted by atomic mass is 9.90. The molecule has 3 rings (SSSR count). The van der Waals surface area contributed by atoms with E-state index in [-0.39, 0.29) is 16.2 Å². The van der Waals surface area contributed by atoms with Gasteiger partial charge >= 0.3 is 5.91 Å². The minimum absolute atomic E-state index is 0.141. The number of benzene rings is 2. The van der Waals surface area contributed by atoms with Gasteiger partial charge in [-0.15, -0.1) is 0 Å². The first-order chi connectivity index (χ1) is 17.4. The highest BCUT2D eigenvalue weighted by atomic mass is 19.1. The molecular formula is C28H39FN3O4+. The molecule has 196 valence electrons. The number of aliphatic hydroxyl groups excluding tert-OH is 1. The number of unbranched alkanes of at least 4 members (excludes halogenated alkanes) is 1. The molecule has 8 heteroatoms. The van der Waals surface area contributed by atoms with Crippen molar-refractivity contribution in [3.8, 4) is 0 Å². The van der Waals surface area contributed by atoms with Crippen molar-refractivity contribution in [2.75, 3.05) is 32.7 Å². The monoisotopic (exact) mass is 500 g/mol. The van der Waals surface area contributed by atoms with Gasteiger partial charge in [-0.25, -0.2) is 14.7 Å². The molecule has 0 bridgehead atoms. The largest absolute Gasteiger partial charge is 0.382 e. The van der Waals surface area contributed by atoms with Gasteiger partial charge in [-0.3, -0.25) is 19.4 Å². The number of piperazine rings is 1. The number of carbonyl (C=O) groups excluding carboxylic acids is 2. The molecule has 36 heavy (non-hydrogen) atoms. The van der Waals surface area contributed by atoms with Gasteiger partial charge in [0.25, 0.3) is 5.91 Å². The average Bonchev–Trinajstić information content (AvgIpc) is 2.91. The summed E-state index contributed by atoms with van der Waals surface area (Å²) in [5, 5.41) is 19.9. The van der Waals surface area contributed by atoms with Crippen LogP contribution in [0.1, 0.15) is 43.7 Å². The molecule has 0 spiro atoms. The molecule has 0 aromatic heterocycles. The summed E-state index contributed by atoms with van der Waals surface area (Å²) in [5.41, 5.74) is 3.66. The number of aliphatic hydroxyl groups is 1. The summed E-state index contributed by atoms with van der Waals surface area (Å²) in [6.07, 6.45) is 1.62. The van der Waals surface area contributed by atoms with Gasteiger partial charge in [0.1, 0.15) is 11.7 Å². The number of carbonyl (C=O) groups is 2. The minimum Gasteiger partial charge on any atom is -0.382 e. The minimum atomic E-state index is -1.63. The van der Waals surface area contributed by atoms with E-state index in [2.05, 4.69) is 24.0 Å². The smallest absolute Gasteiger partial charge is 0.320 e. The highest BCUT2D eigenvalue weighted by Gasteiger charge is 2.47. The molecule has 2 amide bonds. The number of halogens is 1. The van der Waals surface area contributed by atoms with Crippen LogP contribution in [0.15, 0.2) is 54.6 Å². The molecule has 3 N–H and O–H groups in total. The van der Waals surface area contributed by atoms with Gasteiger partial charge in [0.05, 0.1) is 19.6 Å². The molecule has 1 saturated heterocycles.